The van der Waals surface area contributed by atoms with Crippen LogP contribution in [-0.4, -0.2) is 33.9 Å². The van der Waals surface area contributed by atoms with E-state index in [-0.39, 0.29) is 23.4 Å². The standard InChI is InChI=1S/C20H20BrF2N3O3/c1-20(2,29)5-4-15-16(24-3)10-14(21)18(25-15)17(26-19(27)28)8-11-6-12(22)9-13(23)7-11/h6-7,9-10,17,24,26,29H,8H2,1-3H3,(H,27,28). The van der Waals surface area contributed by atoms with Gasteiger partial charge in [-0.05, 0) is 65.9 Å². The summed E-state index contributed by atoms with van der Waals surface area (Å²) in [5, 5.41) is 24.3. The highest BCUT2D eigenvalue weighted by atomic mass is 79.9. The third-order valence-electron chi connectivity index (χ3n) is 3.75. The van der Waals surface area contributed by atoms with Crippen LogP contribution in [0.15, 0.2) is 28.7 Å². The molecule has 2 rings (SSSR count). The van der Waals surface area contributed by atoms with Gasteiger partial charge in [0.2, 0.25) is 0 Å². The van der Waals surface area contributed by atoms with E-state index in [4.69, 9.17) is 0 Å². The van der Waals surface area contributed by atoms with Gasteiger partial charge in [-0.2, -0.15) is 0 Å². The molecule has 6 nitrogen and oxygen atoms in total. The molecule has 2 aromatic rings. The molecular formula is C20H20BrF2N3O3. The third-order valence-corrected chi connectivity index (χ3v) is 4.38. The van der Waals surface area contributed by atoms with Gasteiger partial charge in [0.15, 0.2) is 0 Å². The van der Waals surface area contributed by atoms with Crippen LogP contribution in [0.25, 0.3) is 0 Å². The topological polar surface area (TPSA) is 94.5 Å². The molecule has 154 valence electrons. The molecule has 1 atom stereocenters. The fraction of sp³-hybridized carbons (Fsp3) is 0.300. The predicted octanol–water partition coefficient (Wildman–Crippen LogP) is 3.84. The van der Waals surface area contributed by atoms with Gasteiger partial charge in [-0.25, -0.2) is 18.6 Å². The lowest BCUT2D eigenvalue weighted by Crippen LogP contribution is -2.29. The molecule has 1 amide bonds. The molecule has 0 radical (unpaired) electrons. The van der Waals surface area contributed by atoms with E-state index >= 15 is 0 Å². The number of amides is 1. The highest BCUT2D eigenvalue weighted by Crippen LogP contribution is 2.29. The van der Waals surface area contributed by atoms with Crippen molar-refractivity contribution >= 4 is 27.7 Å². The summed E-state index contributed by atoms with van der Waals surface area (Å²) in [7, 11) is 1.67. The number of pyridine rings is 1. The van der Waals surface area contributed by atoms with Crippen molar-refractivity contribution in [3.63, 3.8) is 0 Å². The Balaban J connectivity index is 2.54. The van der Waals surface area contributed by atoms with Gasteiger partial charge in [0.05, 0.1) is 17.4 Å². The van der Waals surface area contributed by atoms with E-state index in [1.165, 1.54) is 13.8 Å². The number of aliphatic hydroxyl groups is 1. The summed E-state index contributed by atoms with van der Waals surface area (Å²) in [6.07, 6.45) is -1.36. The van der Waals surface area contributed by atoms with Crippen molar-refractivity contribution in [3.8, 4) is 11.8 Å². The number of halogens is 3. The van der Waals surface area contributed by atoms with Crippen molar-refractivity contribution in [1.29, 1.82) is 0 Å². The zero-order valence-electron chi connectivity index (χ0n) is 16.0. The average molecular weight is 468 g/mol. The van der Waals surface area contributed by atoms with Gasteiger partial charge < -0.3 is 20.8 Å². The zero-order valence-corrected chi connectivity index (χ0v) is 17.6. The van der Waals surface area contributed by atoms with Gasteiger partial charge in [0, 0.05) is 17.6 Å². The molecule has 4 N–H and O–H groups in total. The summed E-state index contributed by atoms with van der Waals surface area (Å²) in [5.74, 6) is 3.91. The second kappa shape index (κ2) is 9.20. The Morgan fingerprint density at radius 2 is 1.90 bits per heavy atom. The number of anilines is 1. The van der Waals surface area contributed by atoms with Crippen LogP contribution < -0.4 is 10.6 Å². The van der Waals surface area contributed by atoms with Crippen LogP contribution in [0.2, 0.25) is 0 Å². The predicted molar refractivity (Wildman–Crippen MR) is 109 cm³/mol. The number of carbonyl (C=O) groups is 1. The molecule has 9 heteroatoms. The molecule has 1 aromatic heterocycles. The first-order valence-corrected chi connectivity index (χ1v) is 9.36. The Kier molecular flexibility index (Phi) is 7.16. The molecule has 29 heavy (non-hydrogen) atoms. The molecule has 0 aliphatic heterocycles. The molecule has 0 fully saturated rings. The Morgan fingerprint density at radius 3 is 2.41 bits per heavy atom. The minimum absolute atomic E-state index is 0.0379. The van der Waals surface area contributed by atoms with Crippen molar-refractivity contribution in [3.05, 3.63) is 57.3 Å². The summed E-state index contributed by atoms with van der Waals surface area (Å²) >= 11 is 3.36. The summed E-state index contributed by atoms with van der Waals surface area (Å²) < 4.78 is 27.6. The first kappa shape index (κ1) is 22.6. The van der Waals surface area contributed by atoms with E-state index in [0.29, 0.717) is 10.2 Å². The van der Waals surface area contributed by atoms with Gasteiger partial charge in [-0.15, -0.1) is 0 Å². The van der Waals surface area contributed by atoms with Crippen molar-refractivity contribution < 1.29 is 23.8 Å². The minimum Gasteiger partial charge on any atom is -0.465 e. The molecular weight excluding hydrogens is 448 g/mol. The van der Waals surface area contributed by atoms with Crippen LogP contribution in [0.3, 0.4) is 0 Å². The number of hydrogen-bond donors (Lipinski definition) is 4. The summed E-state index contributed by atoms with van der Waals surface area (Å²) in [6.45, 7) is 3.04. The van der Waals surface area contributed by atoms with E-state index in [1.54, 1.807) is 13.1 Å². The lowest BCUT2D eigenvalue weighted by Gasteiger charge is -2.19. The molecule has 0 aliphatic rings. The van der Waals surface area contributed by atoms with Crippen LogP contribution in [0.1, 0.15) is 36.8 Å². The third kappa shape index (κ3) is 6.69. The van der Waals surface area contributed by atoms with Gasteiger partial charge >= 0.3 is 6.09 Å². The van der Waals surface area contributed by atoms with E-state index in [2.05, 4.69) is 43.4 Å². The fourth-order valence-electron chi connectivity index (χ4n) is 2.58. The number of nitrogens with one attached hydrogen (secondary N) is 2. The molecule has 0 saturated heterocycles. The quantitative estimate of drug-likeness (QED) is 0.501. The van der Waals surface area contributed by atoms with Gasteiger partial charge in [0.25, 0.3) is 0 Å². The maximum atomic E-state index is 13.5. The number of benzene rings is 1. The number of aromatic nitrogens is 1. The largest absolute Gasteiger partial charge is 0.465 e. The smallest absolute Gasteiger partial charge is 0.405 e. The Bertz CT molecular complexity index is 961. The van der Waals surface area contributed by atoms with Crippen molar-refractivity contribution in [2.24, 2.45) is 0 Å². The highest BCUT2D eigenvalue weighted by Gasteiger charge is 2.22. The summed E-state index contributed by atoms with van der Waals surface area (Å²) in [6, 6.07) is 3.76. The maximum absolute atomic E-state index is 13.5. The van der Waals surface area contributed by atoms with E-state index in [1.807, 2.05) is 0 Å². The Hall–Kier alpha value is -2.70. The highest BCUT2D eigenvalue weighted by molar-refractivity contribution is 9.10. The second-order valence-electron chi connectivity index (χ2n) is 6.79. The zero-order chi connectivity index (χ0) is 21.8. The molecule has 1 heterocycles. The summed E-state index contributed by atoms with van der Waals surface area (Å²) in [5.41, 5.74) is 0.143. The van der Waals surface area contributed by atoms with Crippen LogP contribution in [0.4, 0.5) is 19.3 Å². The normalized spacial score (nSPS) is 12.0. The van der Waals surface area contributed by atoms with Crippen molar-refractivity contribution in [2.75, 3.05) is 12.4 Å². The second-order valence-corrected chi connectivity index (χ2v) is 7.65. The lowest BCUT2D eigenvalue weighted by molar-refractivity contribution is 0.143. The van der Waals surface area contributed by atoms with Crippen molar-refractivity contribution in [1.82, 2.24) is 10.3 Å². The first-order chi connectivity index (χ1) is 13.5. The molecule has 0 saturated carbocycles. The summed E-state index contributed by atoms with van der Waals surface area (Å²) in [4.78, 5) is 15.7. The SMILES string of the molecule is CNc1cc(Br)c(C(Cc2cc(F)cc(F)c2)NC(=O)O)nc1C#CC(C)(C)O. The van der Waals surface area contributed by atoms with E-state index in [9.17, 15) is 23.8 Å². The minimum atomic E-state index is -1.32. The van der Waals surface area contributed by atoms with E-state index in [0.717, 1.165) is 18.2 Å². The number of nitrogens with zero attached hydrogens (tertiary/aromatic N) is 1. The van der Waals surface area contributed by atoms with E-state index < -0.39 is 29.4 Å². The Morgan fingerprint density at radius 1 is 1.28 bits per heavy atom. The van der Waals surface area contributed by atoms with Crippen LogP contribution in [0.5, 0.6) is 0 Å². The monoisotopic (exact) mass is 467 g/mol. The molecule has 0 spiro atoms. The lowest BCUT2D eigenvalue weighted by atomic mass is 10.0. The molecule has 0 aliphatic carbocycles. The van der Waals surface area contributed by atoms with Gasteiger partial charge in [-0.3, -0.25) is 0 Å². The molecule has 0 bridgehead atoms. The van der Waals surface area contributed by atoms with Crippen LogP contribution in [-0.2, 0) is 6.42 Å². The number of carboxylic acid groups (broad SMARTS) is 1. The van der Waals surface area contributed by atoms with Gasteiger partial charge in [-0.1, -0.05) is 5.92 Å². The fourth-order valence-corrected chi connectivity index (χ4v) is 3.17. The first-order valence-electron chi connectivity index (χ1n) is 8.56. The maximum Gasteiger partial charge on any atom is 0.405 e. The number of hydrogen-bond acceptors (Lipinski definition) is 4. The average Bonchev–Trinajstić information content (AvgIpc) is 2.57. The van der Waals surface area contributed by atoms with Crippen LogP contribution >= 0.6 is 15.9 Å². The van der Waals surface area contributed by atoms with Gasteiger partial charge in [0.1, 0.15) is 22.9 Å². The number of rotatable bonds is 5. The van der Waals surface area contributed by atoms with Crippen LogP contribution in [0, 0.1) is 23.5 Å². The van der Waals surface area contributed by atoms with Crippen molar-refractivity contribution in [2.45, 2.75) is 31.9 Å². The molecule has 1 aromatic carbocycles. The molecule has 1 unspecified atom stereocenters. The Labute approximate surface area is 175 Å².